The van der Waals surface area contributed by atoms with Gasteiger partial charge in [-0.3, -0.25) is 9.59 Å². The summed E-state index contributed by atoms with van der Waals surface area (Å²) >= 11 is 0. The number of piperidine rings is 1. The Bertz CT molecular complexity index is 381. The molecule has 0 bridgehead atoms. The van der Waals surface area contributed by atoms with Crippen LogP contribution in [0.2, 0.25) is 0 Å². The minimum atomic E-state index is -4.48. The van der Waals surface area contributed by atoms with Crippen molar-refractivity contribution in [2.24, 2.45) is 5.92 Å². The fourth-order valence-corrected chi connectivity index (χ4v) is 3.38. The van der Waals surface area contributed by atoms with Crippen LogP contribution in [0.1, 0.15) is 51.4 Å². The molecule has 20 heavy (non-hydrogen) atoms. The highest BCUT2D eigenvalue weighted by Gasteiger charge is 2.40. The van der Waals surface area contributed by atoms with Gasteiger partial charge in [0.25, 0.3) is 0 Å². The number of hydrogen-bond acceptors (Lipinski definition) is 2. The van der Waals surface area contributed by atoms with Crippen molar-refractivity contribution in [1.82, 2.24) is 4.90 Å². The van der Waals surface area contributed by atoms with Crippen LogP contribution >= 0.6 is 0 Å². The molecule has 0 aromatic carbocycles. The van der Waals surface area contributed by atoms with Gasteiger partial charge in [0.1, 0.15) is 12.2 Å². The summed E-state index contributed by atoms with van der Waals surface area (Å²) in [7, 11) is 0. The van der Waals surface area contributed by atoms with Crippen molar-refractivity contribution in [3.8, 4) is 0 Å². The highest BCUT2D eigenvalue weighted by Crippen LogP contribution is 2.33. The minimum absolute atomic E-state index is 0.118. The topological polar surface area (TPSA) is 37.4 Å². The first-order chi connectivity index (χ1) is 9.38. The van der Waals surface area contributed by atoms with Crippen LogP contribution in [0.3, 0.4) is 0 Å². The lowest BCUT2D eigenvalue weighted by molar-refractivity contribution is -0.165. The third-order valence-electron chi connectivity index (χ3n) is 4.29. The summed E-state index contributed by atoms with van der Waals surface area (Å²) in [4.78, 5) is 25.2. The van der Waals surface area contributed by atoms with Crippen LogP contribution in [0.4, 0.5) is 13.2 Å². The molecule has 2 atom stereocenters. The largest absolute Gasteiger partial charge is 0.397 e. The van der Waals surface area contributed by atoms with E-state index in [2.05, 4.69) is 0 Å². The molecule has 1 saturated heterocycles. The van der Waals surface area contributed by atoms with E-state index in [1.807, 2.05) is 0 Å². The van der Waals surface area contributed by atoms with Crippen molar-refractivity contribution in [3.05, 3.63) is 0 Å². The van der Waals surface area contributed by atoms with Crippen LogP contribution in [0.25, 0.3) is 0 Å². The number of carbonyl (C=O) groups excluding carboxylic acids is 2. The summed E-state index contributed by atoms with van der Waals surface area (Å²) in [6.07, 6.45) is -0.639. The molecule has 114 valence electrons. The van der Waals surface area contributed by atoms with Crippen LogP contribution in [0.5, 0.6) is 0 Å². The second kappa shape index (κ2) is 6.14. The number of likely N-dealkylation sites (tertiary alicyclic amines) is 1. The van der Waals surface area contributed by atoms with Gasteiger partial charge in [0.2, 0.25) is 5.91 Å². The smallest absolute Gasteiger partial charge is 0.339 e. The molecule has 0 radical (unpaired) electrons. The standard InChI is InChI=1S/C14H20F3NO2/c15-14(16,17)9-13(20)18-8-4-3-6-11(18)10-5-1-2-7-12(10)19/h10-11H,1-9H2. The third-order valence-corrected chi connectivity index (χ3v) is 4.29. The highest BCUT2D eigenvalue weighted by molar-refractivity contribution is 5.84. The summed E-state index contributed by atoms with van der Waals surface area (Å²) in [5.41, 5.74) is 0. The summed E-state index contributed by atoms with van der Waals surface area (Å²) in [6.45, 7) is 0.351. The van der Waals surface area contributed by atoms with Gasteiger partial charge in [0, 0.05) is 24.9 Å². The molecule has 0 N–H and O–H groups in total. The van der Waals surface area contributed by atoms with Crippen molar-refractivity contribution in [2.45, 2.75) is 63.6 Å². The maximum Gasteiger partial charge on any atom is 0.397 e. The van der Waals surface area contributed by atoms with E-state index in [0.717, 1.165) is 25.7 Å². The van der Waals surface area contributed by atoms with Crippen LogP contribution in [-0.2, 0) is 9.59 Å². The van der Waals surface area contributed by atoms with Crippen molar-refractivity contribution in [3.63, 3.8) is 0 Å². The maximum atomic E-state index is 12.4. The van der Waals surface area contributed by atoms with E-state index < -0.39 is 18.5 Å². The number of halogens is 3. The Labute approximate surface area is 116 Å². The summed E-state index contributed by atoms with van der Waals surface area (Å²) < 4.78 is 37.2. The summed E-state index contributed by atoms with van der Waals surface area (Å²) in [6, 6.07) is -0.314. The Balaban J connectivity index is 2.08. The number of alkyl halides is 3. The average molecular weight is 291 g/mol. The van der Waals surface area contributed by atoms with Gasteiger partial charge < -0.3 is 4.90 Å². The number of ketones is 1. The Kier molecular flexibility index (Phi) is 4.70. The predicted molar refractivity (Wildman–Crippen MR) is 67.0 cm³/mol. The molecule has 0 spiro atoms. The molecule has 3 nitrogen and oxygen atoms in total. The third kappa shape index (κ3) is 3.73. The number of hydrogen-bond donors (Lipinski definition) is 0. The predicted octanol–water partition coefficient (Wildman–Crippen LogP) is 3.08. The molecule has 1 heterocycles. The van der Waals surface area contributed by atoms with E-state index in [1.54, 1.807) is 0 Å². The molecule has 6 heteroatoms. The number of carbonyl (C=O) groups is 2. The molecule has 1 aliphatic heterocycles. The molecule has 0 aromatic rings. The van der Waals surface area contributed by atoms with E-state index in [0.29, 0.717) is 25.8 Å². The van der Waals surface area contributed by atoms with Gasteiger partial charge >= 0.3 is 6.18 Å². The van der Waals surface area contributed by atoms with Gasteiger partial charge in [-0.1, -0.05) is 6.42 Å². The monoisotopic (exact) mass is 291 g/mol. The zero-order valence-corrected chi connectivity index (χ0v) is 11.4. The number of Topliss-reactive ketones (excluding diaryl/α,β-unsaturated/α-hetero) is 1. The molecule has 2 rings (SSSR count). The average Bonchev–Trinajstić information content (AvgIpc) is 2.37. The molecule has 1 saturated carbocycles. The van der Waals surface area contributed by atoms with Crippen molar-refractivity contribution >= 4 is 11.7 Å². The summed E-state index contributed by atoms with van der Waals surface area (Å²) in [5.74, 6) is -1.00. The fourth-order valence-electron chi connectivity index (χ4n) is 3.38. The van der Waals surface area contributed by atoms with Crippen LogP contribution in [0, 0.1) is 5.92 Å². The van der Waals surface area contributed by atoms with Gasteiger partial charge in [0.15, 0.2) is 0 Å². The second-order valence-corrected chi connectivity index (χ2v) is 5.76. The van der Waals surface area contributed by atoms with Gasteiger partial charge in [-0.15, -0.1) is 0 Å². The summed E-state index contributed by atoms with van der Waals surface area (Å²) in [5, 5.41) is 0. The fraction of sp³-hybridized carbons (Fsp3) is 0.857. The minimum Gasteiger partial charge on any atom is -0.339 e. The van der Waals surface area contributed by atoms with Gasteiger partial charge in [-0.25, -0.2) is 0 Å². The van der Waals surface area contributed by atoms with Gasteiger partial charge in [-0.2, -0.15) is 13.2 Å². The van der Waals surface area contributed by atoms with Gasteiger partial charge in [-0.05, 0) is 32.1 Å². The molecule has 0 aromatic heterocycles. The van der Waals surface area contributed by atoms with E-state index in [1.165, 1.54) is 4.90 Å². The lowest BCUT2D eigenvalue weighted by Crippen LogP contribution is -2.51. The lowest BCUT2D eigenvalue weighted by atomic mass is 9.79. The van der Waals surface area contributed by atoms with E-state index in [-0.39, 0.29) is 17.7 Å². The maximum absolute atomic E-state index is 12.4. The molecule has 2 aliphatic rings. The molecule has 1 aliphatic carbocycles. The lowest BCUT2D eigenvalue weighted by Gasteiger charge is -2.41. The Hall–Kier alpha value is -1.07. The van der Waals surface area contributed by atoms with Crippen molar-refractivity contribution < 1.29 is 22.8 Å². The number of rotatable bonds is 2. The second-order valence-electron chi connectivity index (χ2n) is 5.76. The number of amides is 1. The zero-order chi connectivity index (χ0) is 14.8. The van der Waals surface area contributed by atoms with E-state index >= 15 is 0 Å². The molecular formula is C14H20F3NO2. The van der Waals surface area contributed by atoms with Crippen LogP contribution < -0.4 is 0 Å². The Morgan fingerprint density at radius 2 is 1.85 bits per heavy atom. The molecule has 2 fully saturated rings. The SMILES string of the molecule is O=C1CCCCC1C1CCCCN1C(=O)CC(F)(F)F. The van der Waals surface area contributed by atoms with E-state index in [4.69, 9.17) is 0 Å². The molecule has 1 amide bonds. The Morgan fingerprint density at radius 3 is 2.50 bits per heavy atom. The Morgan fingerprint density at radius 1 is 1.15 bits per heavy atom. The first-order valence-electron chi connectivity index (χ1n) is 7.27. The van der Waals surface area contributed by atoms with Crippen molar-refractivity contribution in [2.75, 3.05) is 6.54 Å². The van der Waals surface area contributed by atoms with E-state index in [9.17, 15) is 22.8 Å². The first kappa shape index (κ1) is 15.3. The number of nitrogens with zero attached hydrogens (tertiary/aromatic N) is 1. The zero-order valence-electron chi connectivity index (χ0n) is 11.4. The normalized spacial score (nSPS) is 28.6. The van der Waals surface area contributed by atoms with Crippen LogP contribution in [0.15, 0.2) is 0 Å². The first-order valence-corrected chi connectivity index (χ1v) is 7.27. The van der Waals surface area contributed by atoms with Crippen molar-refractivity contribution in [1.29, 1.82) is 0 Å². The molecular weight excluding hydrogens is 271 g/mol. The van der Waals surface area contributed by atoms with Crippen LogP contribution in [-0.4, -0.2) is 35.4 Å². The quantitative estimate of drug-likeness (QED) is 0.784. The highest BCUT2D eigenvalue weighted by atomic mass is 19.4. The van der Waals surface area contributed by atoms with Gasteiger partial charge in [0.05, 0.1) is 0 Å². The molecule has 2 unspecified atom stereocenters.